The summed E-state index contributed by atoms with van der Waals surface area (Å²) in [6.07, 6.45) is 0. The van der Waals surface area contributed by atoms with Gasteiger partial charge in [-0.25, -0.2) is 4.79 Å². The molecule has 4 aromatic rings. The van der Waals surface area contributed by atoms with Crippen molar-refractivity contribution in [2.75, 3.05) is 0 Å². The fourth-order valence-electron chi connectivity index (χ4n) is 4.77. The highest BCUT2D eigenvalue weighted by Crippen LogP contribution is 2.52. The van der Waals surface area contributed by atoms with Gasteiger partial charge in [-0.05, 0) is 59.3 Å². The fourth-order valence-corrected chi connectivity index (χ4v) is 6.47. The van der Waals surface area contributed by atoms with E-state index in [0.29, 0.717) is 20.9 Å². The van der Waals surface area contributed by atoms with Gasteiger partial charge < -0.3 is 0 Å². The van der Waals surface area contributed by atoms with Gasteiger partial charge in [0.05, 0.1) is 21.5 Å². The smallest absolute Gasteiger partial charge is 0.267 e. The maximum Gasteiger partial charge on any atom is 0.355 e. The largest absolute Gasteiger partial charge is 0.355 e. The zero-order chi connectivity index (χ0) is 29.5. The van der Waals surface area contributed by atoms with E-state index < -0.39 is 44.6 Å². The van der Waals surface area contributed by atoms with Gasteiger partial charge in [-0.3, -0.25) is 29.8 Å². The van der Waals surface area contributed by atoms with Crippen LogP contribution in [-0.2, 0) is 9.59 Å². The van der Waals surface area contributed by atoms with Crippen LogP contribution in [0.3, 0.4) is 0 Å². The van der Waals surface area contributed by atoms with Crippen LogP contribution >= 0.6 is 23.9 Å². The zero-order valence-corrected chi connectivity index (χ0v) is 22.8. The lowest BCUT2D eigenvalue weighted by atomic mass is 9.95. The Kier molecular flexibility index (Phi) is 6.80. The fraction of sp³-hybridized carbons (Fsp3) is 0. The SMILES string of the molecule is O=C1C(=C2c3ccccc3-c3c2cc([N+](=O)[O-])cc3[N+](=O)[O-])C(=O)N(Sc2ccccc2)C(=O)N1Sc1ccccc1. The van der Waals surface area contributed by atoms with Crippen molar-refractivity contribution in [2.24, 2.45) is 0 Å². The van der Waals surface area contributed by atoms with Crippen molar-refractivity contribution in [1.29, 1.82) is 0 Å². The van der Waals surface area contributed by atoms with E-state index in [0.717, 1.165) is 44.6 Å². The highest BCUT2D eigenvalue weighted by molar-refractivity contribution is 7.99. The molecule has 1 fully saturated rings. The number of barbiturate groups is 1. The van der Waals surface area contributed by atoms with E-state index in [-0.39, 0.29) is 16.7 Å². The van der Waals surface area contributed by atoms with Crippen LogP contribution in [0.25, 0.3) is 16.7 Å². The van der Waals surface area contributed by atoms with E-state index >= 15 is 0 Å². The third-order valence-electron chi connectivity index (χ3n) is 6.52. The molecule has 206 valence electrons. The van der Waals surface area contributed by atoms with E-state index in [1.807, 2.05) is 0 Å². The molecule has 0 spiro atoms. The third kappa shape index (κ3) is 4.50. The number of fused-ring (bicyclic) bond motifs is 3. The van der Waals surface area contributed by atoms with E-state index in [2.05, 4.69) is 0 Å². The van der Waals surface area contributed by atoms with Crippen LogP contribution in [0.2, 0.25) is 0 Å². The van der Waals surface area contributed by atoms with Gasteiger partial charge in [-0.15, -0.1) is 0 Å². The molecule has 0 saturated carbocycles. The minimum atomic E-state index is -0.949. The van der Waals surface area contributed by atoms with Crippen molar-refractivity contribution in [1.82, 2.24) is 8.61 Å². The maximum atomic E-state index is 14.1. The van der Waals surface area contributed by atoms with Crippen LogP contribution in [-0.4, -0.2) is 36.3 Å². The van der Waals surface area contributed by atoms with Crippen molar-refractivity contribution in [3.05, 3.63) is 134 Å². The molecule has 0 atom stereocenters. The second-order valence-electron chi connectivity index (χ2n) is 8.99. The number of nitro benzene ring substituents is 2. The molecule has 13 heteroatoms. The van der Waals surface area contributed by atoms with Gasteiger partial charge in [0.15, 0.2) is 0 Å². The van der Waals surface area contributed by atoms with Crippen LogP contribution < -0.4 is 0 Å². The normalized spacial score (nSPS) is 14.2. The molecule has 1 saturated heterocycles. The molecule has 0 unspecified atom stereocenters. The minimum absolute atomic E-state index is 0.0162. The first-order valence-corrected chi connectivity index (χ1v) is 13.8. The van der Waals surface area contributed by atoms with Gasteiger partial charge in [-0.1, -0.05) is 60.7 Å². The Labute approximate surface area is 246 Å². The number of nitro groups is 2. The Morgan fingerprint density at radius 1 is 0.571 bits per heavy atom. The van der Waals surface area contributed by atoms with Crippen molar-refractivity contribution in [2.45, 2.75) is 9.79 Å². The number of hydrogen-bond acceptors (Lipinski definition) is 9. The van der Waals surface area contributed by atoms with Crippen molar-refractivity contribution in [3.8, 4) is 11.1 Å². The minimum Gasteiger partial charge on any atom is -0.267 e. The molecule has 0 bridgehead atoms. The second kappa shape index (κ2) is 10.6. The highest BCUT2D eigenvalue weighted by Gasteiger charge is 2.48. The summed E-state index contributed by atoms with van der Waals surface area (Å²) >= 11 is 1.63. The average Bonchev–Trinajstić information content (AvgIpc) is 3.32. The number of amides is 4. The predicted octanol–water partition coefficient (Wildman–Crippen LogP) is 6.49. The number of rotatable bonds is 6. The molecule has 4 aromatic carbocycles. The van der Waals surface area contributed by atoms with Crippen LogP contribution in [0.5, 0.6) is 0 Å². The number of urea groups is 1. The highest BCUT2D eigenvalue weighted by atomic mass is 32.2. The van der Waals surface area contributed by atoms with Crippen LogP contribution in [0.4, 0.5) is 16.2 Å². The number of benzene rings is 4. The Morgan fingerprint density at radius 3 is 1.57 bits per heavy atom. The van der Waals surface area contributed by atoms with Crippen molar-refractivity contribution >= 4 is 58.7 Å². The Hall–Kier alpha value is -5.27. The first-order chi connectivity index (χ1) is 20.3. The van der Waals surface area contributed by atoms with Crippen LogP contribution in [0.1, 0.15) is 11.1 Å². The summed E-state index contributed by atoms with van der Waals surface area (Å²) in [5, 5.41) is 23.9. The first kappa shape index (κ1) is 26.9. The van der Waals surface area contributed by atoms with Gasteiger partial charge in [-0.2, -0.15) is 8.61 Å². The number of imide groups is 2. The van der Waals surface area contributed by atoms with Gasteiger partial charge >= 0.3 is 6.03 Å². The number of carbonyl (C=O) groups excluding carboxylic acids is 3. The van der Waals surface area contributed by atoms with E-state index in [1.54, 1.807) is 84.9 Å². The van der Waals surface area contributed by atoms with Gasteiger partial charge in [0.1, 0.15) is 5.57 Å². The summed E-state index contributed by atoms with van der Waals surface area (Å²) in [7, 11) is 0. The molecule has 1 aliphatic carbocycles. The average molecular weight is 597 g/mol. The standard InChI is InChI=1S/C29H16N4O7S2/c34-27-26(25-21-14-8-7-13-20(21)24-22(25)15-17(32(37)38)16-23(24)33(39)40)28(35)31(42-19-11-5-2-6-12-19)29(36)30(27)41-18-9-3-1-4-10-18/h1-16H. The van der Waals surface area contributed by atoms with Crippen molar-refractivity contribution < 1.29 is 24.2 Å². The molecular weight excluding hydrogens is 580 g/mol. The zero-order valence-electron chi connectivity index (χ0n) is 21.2. The lowest BCUT2D eigenvalue weighted by molar-refractivity contribution is -0.393. The van der Waals surface area contributed by atoms with Gasteiger partial charge in [0, 0.05) is 27.0 Å². The molecule has 1 heterocycles. The third-order valence-corrected chi connectivity index (χ3v) is 8.49. The Bertz CT molecular complexity index is 1800. The summed E-state index contributed by atoms with van der Waals surface area (Å²) in [6.45, 7) is 0. The molecule has 4 amide bonds. The molecule has 0 aromatic heterocycles. The number of hydrogen-bond donors (Lipinski definition) is 0. The maximum absolute atomic E-state index is 14.1. The first-order valence-electron chi connectivity index (χ1n) is 12.3. The topological polar surface area (TPSA) is 144 Å². The monoisotopic (exact) mass is 596 g/mol. The number of carbonyl (C=O) groups is 3. The van der Waals surface area contributed by atoms with E-state index in [4.69, 9.17) is 0 Å². The molecule has 0 N–H and O–H groups in total. The summed E-state index contributed by atoms with van der Waals surface area (Å²) in [5.74, 6) is -1.90. The summed E-state index contributed by atoms with van der Waals surface area (Å²) in [5.41, 5.74) is -0.919. The lowest BCUT2D eigenvalue weighted by Crippen LogP contribution is -2.51. The summed E-state index contributed by atoms with van der Waals surface area (Å²) < 4.78 is 1.70. The predicted molar refractivity (Wildman–Crippen MR) is 155 cm³/mol. The number of non-ortho nitro benzene ring substituents is 1. The molecular formula is C29H16N4O7S2. The lowest BCUT2D eigenvalue weighted by Gasteiger charge is -2.32. The van der Waals surface area contributed by atoms with Crippen molar-refractivity contribution in [3.63, 3.8) is 0 Å². The molecule has 2 aliphatic rings. The van der Waals surface area contributed by atoms with Gasteiger partial charge in [0.25, 0.3) is 23.2 Å². The van der Waals surface area contributed by atoms with Crippen LogP contribution in [0.15, 0.2) is 112 Å². The molecule has 11 nitrogen and oxygen atoms in total. The molecule has 0 radical (unpaired) electrons. The Balaban J connectivity index is 1.62. The quantitative estimate of drug-likeness (QED) is 0.0706. The van der Waals surface area contributed by atoms with Crippen LogP contribution in [0, 0.1) is 20.2 Å². The summed E-state index contributed by atoms with van der Waals surface area (Å²) in [6, 6.07) is 24.7. The van der Waals surface area contributed by atoms with E-state index in [1.165, 1.54) is 0 Å². The molecule has 6 rings (SSSR count). The Morgan fingerprint density at radius 2 is 1.07 bits per heavy atom. The molecule has 1 aliphatic heterocycles. The summed E-state index contributed by atoms with van der Waals surface area (Å²) in [4.78, 5) is 65.3. The number of nitrogens with zero attached hydrogens (tertiary/aromatic N) is 4. The second-order valence-corrected chi connectivity index (χ2v) is 11.0. The molecule has 42 heavy (non-hydrogen) atoms. The van der Waals surface area contributed by atoms with E-state index in [9.17, 15) is 34.6 Å². The van der Waals surface area contributed by atoms with Gasteiger partial charge in [0.2, 0.25) is 0 Å².